The van der Waals surface area contributed by atoms with E-state index in [0.29, 0.717) is 42.7 Å². The lowest BCUT2D eigenvalue weighted by molar-refractivity contribution is -0.127. The molecule has 0 unspecified atom stereocenters. The van der Waals surface area contributed by atoms with Gasteiger partial charge in [-0.1, -0.05) is 37.5 Å². The molecule has 2 N–H and O–H groups in total. The van der Waals surface area contributed by atoms with Gasteiger partial charge in [0.15, 0.2) is 15.4 Å². The van der Waals surface area contributed by atoms with Crippen LogP contribution >= 0.6 is 0 Å². The summed E-state index contributed by atoms with van der Waals surface area (Å²) in [7, 11) is -3.59. The molecule has 1 fully saturated rings. The summed E-state index contributed by atoms with van der Waals surface area (Å²) in [6.45, 7) is 1.02. The molecular formula is C28H36N2O6S. The number of amides is 1. The lowest BCUT2D eigenvalue weighted by Crippen LogP contribution is -2.49. The van der Waals surface area contributed by atoms with Gasteiger partial charge in [-0.05, 0) is 61.6 Å². The zero-order valence-electron chi connectivity index (χ0n) is 21.1. The Hall–Kier alpha value is -2.91. The van der Waals surface area contributed by atoms with E-state index in [9.17, 15) is 13.2 Å². The first-order chi connectivity index (χ1) is 17.9. The molecular weight excluding hydrogens is 492 g/mol. The molecule has 0 bridgehead atoms. The van der Waals surface area contributed by atoms with E-state index in [1.54, 1.807) is 54.6 Å². The summed E-state index contributed by atoms with van der Waals surface area (Å²) in [4.78, 5) is 18.4. The Morgan fingerprint density at radius 1 is 1.08 bits per heavy atom. The summed E-state index contributed by atoms with van der Waals surface area (Å²) in [5.74, 6) is 0.895. The van der Waals surface area contributed by atoms with Gasteiger partial charge in [-0.3, -0.25) is 4.79 Å². The van der Waals surface area contributed by atoms with Crippen LogP contribution in [-0.2, 0) is 19.4 Å². The van der Waals surface area contributed by atoms with Crippen LogP contribution in [0.25, 0.3) is 0 Å². The van der Waals surface area contributed by atoms with E-state index >= 15 is 0 Å². The van der Waals surface area contributed by atoms with Crippen molar-refractivity contribution < 1.29 is 27.8 Å². The molecule has 200 valence electrons. The quantitative estimate of drug-likeness (QED) is 0.408. The molecule has 4 rings (SSSR count). The third-order valence-electron chi connectivity index (χ3n) is 7.02. The molecule has 1 aliphatic carbocycles. The van der Waals surface area contributed by atoms with E-state index in [-0.39, 0.29) is 36.2 Å². The maximum atomic E-state index is 13.5. The highest BCUT2D eigenvalue weighted by atomic mass is 32.2. The van der Waals surface area contributed by atoms with Crippen molar-refractivity contribution in [3.63, 3.8) is 0 Å². The third kappa shape index (κ3) is 7.11. The van der Waals surface area contributed by atoms with Crippen LogP contribution in [0.3, 0.4) is 0 Å². The largest absolute Gasteiger partial charge is 0.494 e. The van der Waals surface area contributed by atoms with Gasteiger partial charge in [0.05, 0.1) is 17.3 Å². The predicted octanol–water partition coefficient (Wildman–Crippen LogP) is 3.52. The van der Waals surface area contributed by atoms with Gasteiger partial charge in [0.2, 0.25) is 5.90 Å². The Balaban J connectivity index is 1.51. The van der Waals surface area contributed by atoms with E-state index in [4.69, 9.17) is 19.6 Å². The fourth-order valence-corrected chi connectivity index (χ4v) is 6.16. The highest BCUT2D eigenvalue weighted by Gasteiger charge is 2.45. The number of carbonyl (C=O) groups is 1. The second-order valence-electron chi connectivity index (χ2n) is 9.78. The minimum absolute atomic E-state index is 0.0160. The summed E-state index contributed by atoms with van der Waals surface area (Å²) in [6.07, 6.45) is 6.33. The monoisotopic (exact) mass is 528 g/mol. The minimum atomic E-state index is -3.59. The molecule has 0 saturated heterocycles. The highest BCUT2D eigenvalue weighted by Crippen LogP contribution is 2.29. The van der Waals surface area contributed by atoms with E-state index in [1.807, 2.05) is 0 Å². The first kappa shape index (κ1) is 27.1. The van der Waals surface area contributed by atoms with Crippen molar-refractivity contribution in [2.24, 2.45) is 10.9 Å². The van der Waals surface area contributed by atoms with Crippen molar-refractivity contribution in [3.8, 4) is 5.75 Å². The van der Waals surface area contributed by atoms with E-state index in [0.717, 1.165) is 12.8 Å². The normalized spacial score (nSPS) is 20.2. The van der Waals surface area contributed by atoms with Crippen molar-refractivity contribution in [1.82, 2.24) is 5.32 Å². The van der Waals surface area contributed by atoms with Crippen LogP contribution in [0.5, 0.6) is 5.75 Å². The van der Waals surface area contributed by atoms with Crippen LogP contribution in [0.1, 0.15) is 50.5 Å². The highest BCUT2D eigenvalue weighted by molar-refractivity contribution is 7.91. The zero-order valence-corrected chi connectivity index (χ0v) is 21.9. The molecule has 0 spiro atoms. The fourth-order valence-electron chi connectivity index (χ4n) is 4.74. The molecule has 2 aliphatic rings. The summed E-state index contributed by atoms with van der Waals surface area (Å²) < 4.78 is 37.5. The number of ether oxygens (including phenoxy) is 2. The molecule has 1 amide bonds. The van der Waals surface area contributed by atoms with Crippen LogP contribution in [0.4, 0.5) is 0 Å². The summed E-state index contributed by atoms with van der Waals surface area (Å²) >= 11 is 0. The molecule has 1 saturated carbocycles. The van der Waals surface area contributed by atoms with Crippen molar-refractivity contribution in [3.05, 3.63) is 60.2 Å². The van der Waals surface area contributed by atoms with Gasteiger partial charge in [-0.2, -0.15) is 0 Å². The van der Waals surface area contributed by atoms with Gasteiger partial charge in [0, 0.05) is 25.1 Å². The van der Waals surface area contributed by atoms with Gasteiger partial charge in [0.25, 0.3) is 5.91 Å². The summed E-state index contributed by atoms with van der Waals surface area (Å²) in [5, 5.41) is 12.0. The maximum Gasteiger partial charge on any atom is 0.251 e. The van der Waals surface area contributed by atoms with Crippen LogP contribution < -0.4 is 10.1 Å². The first-order valence-corrected chi connectivity index (χ1v) is 14.7. The number of sulfone groups is 1. The number of aliphatic imine (C=N–C) groups is 1. The second kappa shape index (κ2) is 12.6. The Morgan fingerprint density at radius 2 is 1.81 bits per heavy atom. The zero-order chi connectivity index (χ0) is 26.1. The molecule has 2 aromatic carbocycles. The fraction of sp³-hybridized carbons (Fsp3) is 0.500. The lowest BCUT2D eigenvalue weighted by atomic mass is 9.89. The van der Waals surface area contributed by atoms with Crippen molar-refractivity contribution in [2.75, 3.05) is 32.1 Å². The van der Waals surface area contributed by atoms with Crippen LogP contribution in [-0.4, -0.2) is 63.0 Å². The SMILES string of the molecule is O=C(NCC1CCCCC1)[C@@]1(CCS(=O)(=O)c2ccccc2)COC(c2ccc(OCCCO)cc2)=N1. The summed E-state index contributed by atoms with van der Waals surface area (Å²) in [6, 6.07) is 15.4. The number of carbonyl (C=O) groups excluding carboxylic acids is 1. The molecule has 1 atom stereocenters. The Bertz CT molecular complexity index is 1160. The van der Waals surface area contributed by atoms with Crippen molar-refractivity contribution in [2.45, 2.75) is 55.4 Å². The number of nitrogens with zero attached hydrogens (tertiary/aromatic N) is 1. The average molecular weight is 529 g/mol. The number of hydrogen-bond donors (Lipinski definition) is 2. The van der Waals surface area contributed by atoms with E-state index in [2.05, 4.69) is 5.32 Å². The molecule has 9 heteroatoms. The predicted molar refractivity (Wildman–Crippen MR) is 142 cm³/mol. The van der Waals surface area contributed by atoms with Crippen LogP contribution in [0.15, 0.2) is 64.5 Å². The molecule has 37 heavy (non-hydrogen) atoms. The molecule has 1 heterocycles. The summed E-state index contributed by atoms with van der Waals surface area (Å²) in [5.41, 5.74) is -0.635. The topological polar surface area (TPSA) is 114 Å². The number of benzene rings is 2. The minimum Gasteiger partial charge on any atom is -0.494 e. The number of aliphatic hydroxyl groups is 1. The number of hydrogen-bond acceptors (Lipinski definition) is 7. The third-order valence-corrected chi connectivity index (χ3v) is 8.75. The standard InChI is InChI=1S/C28H36N2O6S/c31-17-7-18-35-24-14-12-23(13-15-24)26-30-28(21-36-26,27(32)29-20-22-8-3-1-4-9-22)16-19-37(33,34)25-10-5-2-6-11-25/h2,5-6,10-15,22,31H,1,3-4,7-9,16-21H2,(H,29,32)/t28-/m1/s1. The van der Waals surface area contributed by atoms with Gasteiger partial charge < -0.3 is 19.9 Å². The Labute approximate surface area is 219 Å². The molecule has 0 aromatic heterocycles. The molecule has 1 aliphatic heterocycles. The van der Waals surface area contributed by atoms with Crippen molar-refractivity contribution in [1.29, 1.82) is 0 Å². The van der Waals surface area contributed by atoms with Gasteiger partial charge in [-0.25, -0.2) is 13.4 Å². The maximum absolute atomic E-state index is 13.5. The van der Waals surface area contributed by atoms with E-state index in [1.165, 1.54) is 19.3 Å². The average Bonchev–Trinajstić information content (AvgIpc) is 3.38. The molecule has 0 radical (unpaired) electrons. The molecule has 2 aromatic rings. The van der Waals surface area contributed by atoms with Gasteiger partial charge in [-0.15, -0.1) is 0 Å². The second-order valence-corrected chi connectivity index (χ2v) is 11.9. The van der Waals surface area contributed by atoms with E-state index < -0.39 is 15.4 Å². The van der Waals surface area contributed by atoms with Crippen molar-refractivity contribution >= 4 is 21.6 Å². The Morgan fingerprint density at radius 3 is 2.51 bits per heavy atom. The van der Waals surface area contributed by atoms with Gasteiger partial charge >= 0.3 is 0 Å². The van der Waals surface area contributed by atoms with Gasteiger partial charge in [0.1, 0.15) is 12.4 Å². The Kier molecular flexibility index (Phi) is 9.21. The number of nitrogens with one attached hydrogen (secondary N) is 1. The lowest BCUT2D eigenvalue weighted by Gasteiger charge is -2.26. The van der Waals surface area contributed by atoms with Crippen LogP contribution in [0.2, 0.25) is 0 Å². The number of aliphatic hydroxyl groups excluding tert-OH is 1. The smallest absolute Gasteiger partial charge is 0.251 e. The van der Waals surface area contributed by atoms with Crippen LogP contribution in [0, 0.1) is 5.92 Å². The molecule has 8 nitrogen and oxygen atoms in total. The first-order valence-electron chi connectivity index (χ1n) is 13.0. The number of rotatable bonds is 12.